The van der Waals surface area contributed by atoms with Gasteiger partial charge < -0.3 is 10.2 Å². The molecule has 0 atom stereocenters. The maximum atomic E-state index is 13.3. The van der Waals surface area contributed by atoms with E-state index in [2.05, 4.69) is 15.3 Å². The van der Waals surface area contributed by atoms with Crippen LogP contribution in [0.1, 0.15) is 34.5 Å². The molecule has 1 aliphatic heterocycles. The van der Waals surface area contributed by atoms with Crippen LogP contribution in [0.3, 0.4) is 0 Å². The molecular formula is C24H24FN5OS. The number of piperidine rings is 1. The van der Waals surface area contributed by atoms with Crippen molar-refractivity contribution in [1.29, 1.82) is 0 Å². The topological polar surface area (TPSA) is 63.1 Å². The molecule has 4 aromatic rings. The lowest BCUT2D eigenvalue weighted by molar-refractivity contribution is 0.0931. The van der Waals surface area contributed by atoms with Gasteiger partial charge in [0.2, 0.25) is 0 Å². The Bertz CT molecular complexity index is 1250. The van der Waals surface area contributed by atoms with Gasteiger partial charge in [-0.25, -0.2) is 9.07 Å². The number of fused-ring (bicyclic) bond motifs is 1. The van der Waals surface area contributed by atoms with E-state index in [4.69, 9.17) is 4.98 Å². The molecule has 164 valence electrons. The van der Waals surface area contributed by atoms with Crippen LogP contribution in [0.25, 0.3) is 16.0 Å². The first-order valence-electron chi connectivity index (χ1n) is 10.7. The Hall–Kier alpha value is -3.26. The minimum atomic E-state index is -0.273. The van der Waals surface area contributed by atoms with Gasteiger partial charge in [-0.05, 0) is 63.1 Å². The number of amides is 1. The van der Waals surface area contributed by atoms with E-state index < -0.39 is 0 Å². The second-order valence-corrected chi connectivity index (χ2v) is 9.20. The second kappa shape index (κ2) is 8.35. The fraction of sp³-hybridized carbons (Fsp3) is 0.292. The number of aryl methyl sites for hydroxylation is 2. The van der Waals surface area contributed by atoms with E-state index in [1.807, 2.05) is 38.1 Å². The number of hydrogen-bond acceptors (Lipinski definition) is 5. The van der Waals surface area contributed by atoms with Crippen molar-refractivity contribution >= 4 is 32.7 Å². The first kappa shape index (κ1) is 20.6. The summed E-state index contributed by atoms with van der Waals surface area (Å²) in [6.45, 7) is 5.64. The zero-order chi connectivity index (χ0) is 22.2. The predicted molar refractivity (Wildman–Crippen MR) is 125 cm³/mol. The van der Waals surface area contributed by atoms with Crippen molar-refractivity contribution in [3.63, 3.8) is 0 Å². The van der Waals surface area contributed by atoms with Gasteiger partial charge in [0.15, 0.2) is 10.8 Å². The van der Waals surface area contributed by atoms with Crippen LogP contribution < -0.4 is 10.2 Å². The van der Waals surface area contributed by atoms with E-state index in [-0.39, 0.29) is 17.8 Å². The van der Waals surface area contributed by atoms with Gasteiger partial charge in [-0.2, -0.15) is 10.1 Å². The fourth-order valence-electron chi connectivity index (χ4n) is 4.01. The molecule has 8 heteroatoms. The fourth-order valence-corrected chi connectivity index (χ4v) is 5.05. The molecule has 0 radical (unpaired) electrons. The lowest BCUT2D eigenvalue weighted by Crippen LogP contribution is -2.44. The summed E-state index contributed by atoms with van der Waals surface area (Å²) < 4.78 is 16.1. The summed E-state index contributed by atoms with van der Waals surface area (Å²) in [4.78, 5) is 19.7. The second-order valence-electron chi connectivity index (χ2n) is 8.22. The maximum Gasteiger partial charge on any atom is 0.251 e. The molecular weight excluding hydrogens is 425 g/mol. The average molecular weight is 450 g/mol. The van der Waals surface area contributed by atoms with Gasteiger partial charge in [-0.1, -0.05) is 29.0 Å². The minimum absolute atomic E-state index is 0.0153. The van der Waals surface area contributed by atoms with Gasteiger partial charge in [0, 0.05) is 24.7 Å². The number of thiazole rings is 1. The highest BCUT2D eigenvalue weighted by molar-refractivity contribution is 7.22. The molecule has 0 unspecified atom stereocenters. The lowest BCUT2D eigenvalue weighted by atomic mass is 10.0. The smallest absolute Gasteiger partial charge is 0.251 e. The minimum Gasteiger partial charge on any atom is -0.349 e. The number of carbonyl (C=O) groups is 1. The first-order valence-corrected chi connectivity index (χ1v) is 11.5. The van der Waals surface area contributed by atoms with E-state index >= 15 is 0 Å². The van der Waals surface area contributed by atoms with Crippen LogP contribution in [0, 0.1) is 19.7 Å². The lowest BCUT2D eigenvalue weighted by Gasteiger charge is -2.32. The van der Waals surface area contributed by atoms with E-state index in [1.54, 1.807) is 28.2 Å². The average Bonchev–Trinajstić information content (AvgIpc) is 3.36. The summed E-state index contributed by atoms with van der Waals surface area (Å²) >= 11 is 1.63. The molecule has 6 nitrogen and oxygen atoms in total. The van der Waals surface area contributed by atoms with E-state index in [0.717, 1.165) is 58.4 Å². The zero-order valence-corrected chi connectivity index (χ0v) is 18.8. The maximum absolute atomic E-state index is 13.3. The van der Waals surface area contributed by atoms with Crippen molar-refractivity contribution in [2.75, 3.05) is 18.0 Å². The molecule has 3 heterocycles. The molecule has 0 spiro atoms. The first-order chi connectivity index (χ1) is 15.5. The molecule has 1 fully saturated rings. The number of rotatable bonds is 4. The van der Waals surface area contributed by atoms with Crippen molar-refractivity contribution in [2.45, 2.75) is 32.7 Å². The van der Waals surface area contributed by atoms with Gasteiger partial charge in [0.25, 0.3) is 5.91 Å². The van der Waals surface area contributed by atoms with Crippen molar-refractivity contribution < 1.29 is 9.18 Å². The molecule has 5 rings (SSSR count). The molecule has 1 amide bonds. The van der Waals surface area contributed by atoms with Crippen LogP contribution in [-0.4, -0.2) is 39.8 Å². The van der Waals surface area contributed by atoms with Crippen LogP contribution in [0.15, 0.2) is 48.5 Å². The predicted octanol–water partition coefficient (Wildman–Crippen LogP) is 4.64. The number of nitrogens with one attached hydrogen (secondary N) is 1. The largest absolute Gasteiger partial charge is 0.349 e. The number of halogens is 1. The SMILES string of the molecule is Cc1ccc(C(=O)NC2CCN(c3nc4c(s3)c(C)nn4-c3ccc(F)cc3)CC2)cc1. The Kier molecular flexibility index (Phi) is 5.38. The zero-order valence-electron chi connectivity index (χ0n) is 18.0. The number of benzene rings is 2. The number of aromatic nitrogens is 3. The Morgan fingerprint density at radius 1 is 1.06 bits per heavy atom. The quantitative estimate of drug-likeness (QED) is 0.493. The van der Waals surface area contributed by atoms with Gasteiger partial charge >= 0.3 is 0 Å². The summed E-state index contributed by atoms with van der Waals surface area (Å²) in [6.07, 6.45) is 1.74. The third kappa shape index (κ3) is 3.98. The standard InChI is InChI=1S/C24H24FN5OS/c1-15-3-5-17(6-4-15)23(31)26-19-11-13-29(14-12-19)24-27-22-21(32-24)16(2)28-30(22)20-9-7-18(25)8-10-20/h3-10,19H,11-14H2,1-2H3,(H,26,31). The number of hydrogen-bond donors (Lipinski definition) is 1. The van der Waals surface area contributed by atoms with Crippen LogP contribution in [-0.2, 0) is 0 Å². The normalized spacial score (nSPS) is 14.8. The summed E-state index contributed by atoms with van der Waals surface area (Å²) in [6, 6.07) is 14.1. The van der Waals surface area contributed by atoms with Gasteiger partial charge in [0.05, 0.1) is 16.1 Å². The molecule has 1 saturated heterocycles. The van der Waals surface area contributed by atoms with Crippen LogP contribution in [0.5, 0.6) is 0 Å². The molecule has 32 heavy (non-hydrogen) atoms. The highest BCUT2D eigenvalue weighted by Gasteiger charge is 2.25. The van der Waals surface area contributed by atoms with Crippen molar-refractivity contribution in [2.24, 2.45) is 0 Å². The van der Waals surface area contributed by atoms with Gasteiger partial charge in [-0.3, -0.25) is 4.79 Å². The van der Waals surface area contributed by atoms with Crippen molar-refractivity contribution in [3.05, 3.63) is 71.2 Å². The summed E-state index contributed by atoms with van der Waals surface area (Å²) in [5.74, 6) is -0.288. The van der Waals surface area contributed by atoms with Crippen LogP contribution >= 0.6 is 11.3 Å². The van der Waals surface area contributed by atoms with Crippen molar-refractivity contribution in [3.8, 4) is 5.69 Å². The number of carbonyl (C=O) groups excluding carboxylic acids is 1. The monoisotopic (exact) mass is 449 g/mol. The van der Waals surface area contributed by atoms with Crippen LogP contribution in [0.4, 0.5) is 9.52 Å². The molecule has 1 aliphatic rings. The summed E-state index contributed by atoms with van der Waals surface area (Å²) in [5, 5.41) is 8.71. The van der Waals surface area contributed by atoms with Crippen LogP contribution in [0.2, 0.25) is 0 Å². The Morgan fingerprint density at radius 2 is 1.75 bits per heavy atom. The molecule has 2 aromatic carbocycles. The van der Waals surface area contributed by atoms with Crippen molar-refractivity contribution in [1.82, 2.24) is 20.1 Å². The molecule has 0 aliphatic carbocycles. The number of anilines is 1. The summed E-state index contributed by atoms with van der Waals surface area (Å²) in [7, 11) is 0. The Balaban J connectivity index is 1.28. The van der Waals surface area contributed by atoms with E-state index in [0.29, 0.717) is 5.56 Å². The highest BCUT2D eigenvalue weighted by Crippen LogP contribution is 2.33. The van der Waals surface area contributed by atoms with Gasteiger partial charge in [-0.15, -0.1) is 0 Å². The molecule has 0 saturated carbocycles. The van der Waals surface area contributed by atoms with E-state index in [9.17, 15) is 9.18 Å². The summed E-state index contributed by atoms with van der Waals surface area (Å²) in [5.41, 5.74) is 4.34. The Labute approximate surface area is 189 Å². The highest BCUT2D eigenvalue weighted by atomic mass is 32.1. The Morgan fingerprint density at radius 3 is 2.44 bits per heavy atom. The molecule has 1 N–H and O–H groups in total. The van der Waals surface area contributed by atoms with E-state index in [1.165, 1.54) is 12.1 Å². The third-order valence-electron chi connectivity index (χ3n) is 5.86. The third-order valence-corrected chi connectivity index (χ3v) is 7.08. The van der Waals surface area contributed by atoms with Gasteiger partial charge in [0.1, 0.15) is 5.82 Å². The number of nitrogens with zero attached hydrogens (tertiary/aromatic N) is 4. The molecule has 2 aromatic heterocycles. The molecule has 0 bridgehead atoms.